The van der Waals surface area contributed by atoms with Crippen LogP contribution in [0.25, 0.3) is 0 Å². The molecule has 2 amide bonds. The first kappa shape index (κ1) is 17.9. The van der Waals surface area contributed by atoms with Crippen molar-refractivity contribution in [1.82, 2.24) is 9.80 Å². The summed E-state index contributed by atoms with van der Waals surface area (Å²) in [6, 6.07) is -0.140. The van der Waals surface area contributed by atoms with Crippen molar-refractivity contribution in [3.8, 4) is 0 Å². The minimum Gasteiger partial charge on any atom is -0.340 e. The SMILES string of the molecule is CC1(C)CN(C(=O)C2CSC3(C)CCC(=O)N23)CCC1N.Cl. The van der Waals surface area contributed by atoms with Gasteiger partial charge in [-0.25, -0.2) is 0 Å². The lowest BCUT2D eigenvalue weighted by Gasteiger charge is -2.44. The zero-order valence-electron chi connectivity index (χ0n) is 13.5. The number of rotatable bonds is 1. The molecule has 5 nitrogen and oxygen atoms in total. The standard InChI is InChI=1S/C15H25N3O2S.ClH/c1-14(2)9-17(7-5-11(14)16)13(20)10-8-21-15(3)6-4-12(19)18(10)15;/h10-11H,4-9,16H2,1-3H3;1H. The van der Waals surface area contributed by atoms with Crippen molar-refractivity contribution in [1.29, 1.82) is 0 Å². The number of likely N-dealkylation sites (tertiary alicyclic amines) is 1. The molecule has 22 heavy (non-hydrogen) atoms. The molecule has 0 aromatic rings. The molecule has 3 aliphatic heterocycles. The second-order valence-corrected chi connectivity index (χ2v) is 8.91. The summed E-state index contributed by atoms with van der Waals surface area (Å²) >= 11 is 1.75. The molecule has 0 saturated carbocycles. The van der Waals surface area contributed by atoms with E-state index < -0.39 is 0 Å². The summed E-state index contributed by atoms with van der Waals surface area (Å²) in [6.45, 7) is 7.72. The van der Waals surface area contributed by atoms with E-state index in [1.54, 1.807) is 11.8 Å². The molecule has 3 heterocycles. The number of thioether (sulfide) groups is 1. The second kappa shape index (κ2) is 5.87. The Hall–Kier alpha value is -0.460. The molecule has 0 radical (unpaired) electrons. The van der Waals surface area contributed by atoms with Gasteiger partial charge in [0.2, 0.25) is 11.8 Å². The Morgan fingerprint density at radius 3 is 2.68 bits per heavy atom. The van der Waals surface area contributed by atoms with E-state index in [0.29, 0.717) is 19.5 Å². The molecule has 3 fully saturated rings. The first-order valence-corrected chi connectivity index (χ1v) is 8.74. The van der Waals surface area contributed by atoms with E-state index in [4.69, 9.17) is 5.73 Å². The van der Waals surface area contributed by atoms with E-state index in [-0.39, 0.29) is 46.6 Å². The third-order valence-electron chi connectivity index (χ3n) is 5.35. The minimum absolute atomic E-state index is 0. The number of piperidine rings is 1. The lowest BCUT2D eigenvalue weighted by Crippen LogP contribution is -2.58. The lowest BCUT2D eigenvalue weighted by atomic mass is 9.79. The number of hydrogen-bond donors (Lipinski definition) is 1. The highest BCUT2D eigenvalue weighted by atomic mass is 35.5. The zero-order chi connectivity index (χ0) is 15.4. The molecule has 126 valence electrons. The van der Waals surface area contributed by atoms with Crippen LogP contribution >= 0.6 is 24.2 Å². The maximum absolute atomic E-state index is 12.9. The van der Waals surface area contributed by atoms with Crippen molar-refractivity contribution < 1.29 is 9.59 Å². The quantitative estimate of drug-likeness (QED) is 0.779. The number of nitrogens with two attached hydrogens (primary N) is 1. The number of amides is 2. The van der Waals surface area contributed by atoms with Gasteiger partial charge in [-0.1, -0.05) is 13.8 Å². The van der Waals surface area contributed by atoms with Crippen LogP contribution in [-0.2, 0) is 9.59 Å². The van der Waals surface area contributed by atoms with Crippen LogP contribution in [0, 0.1) is 5.41 Å². The first-order chi connectivity index (χ1) is 9.74. The molecule has 0 spiro atoms. The maximum atomic E-state index is 12.9. The number of hydrogen-bond acceptors (Lipinski definition) is 4. The highest BCUT2D eigenvalue weighted by molar-refractivity contribution is 8.01. The number of carbonyl (C=O) groups excluding carboxylic acids is 2. The molecule has 0 bridgehead atoms. The Balaban J connectivity index is 0.00000176. The molecule has 3 aliphatic rings. The third-order valence-corrected chi connectivity index (χ3v) is 6.86. The van der Waals surface area contributed by atoms with Gasteiger partial charge in [0.15, 0.2) is 0 Å². The molecule has 3 saturated heterocycles. The van der Waals surface area contributed by atoms with Gasteiger partial charge in [0.1, 0.15) is 6.04 Å². The molecule has 3 atom stereocenters. The lowest BCUT2D eigenvalue weighted by molar-refractivity contribution is -0.146. The van der Waals surface area contributed by atoms with Crippen molar-refractivity contribution >= 4 is 36.0 Å². The molecule has 3 unspecified atom stereocenters. The monoisotopic (exact) mass is 347 g/mol. The molecule has 0 aliphatic carbocycles. The zero-order valence-corrected chi connectivity index (χ0v) is 15.1. The van der Waals surface area contributed by atoms with Gasteiger partial charge in [-0.15, -0.1) is 24.2 Å². The summed E-state index contributed by atoms with van der Waals surface area (Å²) in [5.74, 6) is 0.972. The fourth-order valence-corrected chi connectivity index (χ4v) is 5.20. The average molecular weight is 348 g/mol. The van der Waals surface area contributed by atoms with Gasteiger partial charge >= 0.3 is 0 Å². The van der Waals surface area contributed by atoms with Crippen molar-refractivity contribution in [2.45, 2.75) is 57.0 Å². The van der Waals surface area contributed by atoms with Gasteiger partial charge in [0.25, 0.3) is 0 Å². The van der Waals surface area contributed by atoms with Crippen LogP contribution in [0.4, 0.5) is 0 Å². The molecule has 0 aromatic carbocycles. The summed E-state index contributed by atoms with van der Waals surface area (Å²) in [5.41, 5.74) is 6.09. The fraction of sp³-hybridized carbons (Fsp3) is 0.867. The Kier molecular flexibility index (Phi) is 4.78. The van der Waals surface area contributed by atoms with Gasteiger partial charge in [-0.2, -0.15) is 0 Å². The summed E-state index contributed by atoms with van der Waals surface area (Å²) in [7, 11) is 0. The summed E-state index contributed by atoms with van der Waals surface area (Å²) < 4.78 is 0. The summed E-state index contributed by atoms with van der Waals surface area (Å²) in [6.07, 6.45) is 2.27. The maximum Gasteiger partial charge on any atom is 0.246 e. The van der Waals surface area contributed by atoms with E-state index in [1.165, 1.54) is 0 Å². The minimum atomic E-state index is -0.278. The largest absolute Gasteiger partial charge is 0.340 e. The molecular weight excluding hydrogens is 322 g/mol. The molecule has 0 aromatic heterocycles. The van der Waals surface area contributed by atoms with Crippen molar-refractivity contribution in [3.05, 3.63) is 0 Å². The van der Waals surface area contributed by atoms with Gasteiger partial charge in [-0.05, 0) is 25.2 Å². The van der Waals surface area contributed by atoms with Crippen molar-refractivity contribution in [2.24, 2.45) is 11.1 Å². The molecular formula is C15H26ClN3O2S. The van der Waals surface area contributed by atoms with Crippen LogP contribution < -0.4 is 5.73 Å². The molecule has 2 N–H and O–H groups in total. The highest BCUT2D eigenvalue weighted by Gasteiger charge is 2.54. The average Bonchev–Trinajstić information content (AvgIpc) is 2.89. The Morgan fingerprint density at radius 1 is 1.36 bits per heavy atom. The Labute approximate surface area is 142 Å². The number of fused-ring (bicyclic) bond motifs is 1. The summed E-state index contributed by atoms with van der Waals surface area (Å²) in [5, 5.41) is 0. The van der Waals surface area contributed by atoms with Gasteiger partial charge in [0.05, 0.1) is 4.87 Å². The van der Waals surface area contributed by atoms with Crippen molar-refractivity contribution in [2.75, 3.05) is 18.8 Å². The van der Waals surface area contributed by atoms with Crippen LogP contribution in [-0.4, -0.2) is 57.4 Å². The fourth-order valence-electron chi connectivity index (χ4n) is 3.78. The van der Waals surface area contributed by atoms with Crippen molar-refractivity contribution in [3.63, 3.8) is 0 Å². The number of halogens is 1. The van der Waals surface area contributed by atoms with Gasteiger partial charge in [0, 0.05) is 31.3 Å². The van der Waals surface area contributed by atoms with Crippen LogP contribution in [0.3, 0.4) is 0 Å². The Bertz CT molecular complexity index is 487. The van der Waals surface area contributed by atoms with Crippen LogP contribution in [0.5, 0.6) is 0 Å². The summed E-state index contributed by atoms with van der Waals surface area (Å²) in [4.78, 5) is 28.7. The first-order valence-electron chi connectivity index (χ1n) is 7.75. The van der Waals surface area contributed by atoms with E-state index in [0.717, 1.165) is 18.6 Å². The third kappa shape index (κ3) is 2.74. The van der Waals surface area contributed by atoms with Crippen LogP contribution in [0.1, 0.15) is 40.0 Å². The van der Waals surface area contributed by atoms with Crippen LogP contribution in [0.15, 0.2) is 0 Å². The second-order valence-electron chi connectivity index (χ2n) is 7.41. The number of nitrogens with zero attached hydrogens (tertiary/aromatic N) is 2. The van der Waals surface area contributed by atoms with Gasteiger partial charge < -0.3 is 15.5 Å². The Morgan fingerprint density at radius 2 is 2.05 bits per heavy atom. The predicted molar refractivity (Wildman–Crippen MR) is 90.9 cm³/mol. The topological polar surface area (TPSA) is 66.6 Å². The van der Waals surface area contributed by atoms with E-state index >= 15 is 0 Å². The smallest absolute Gasteiger partial charge is 0.246 e. The number of carbonyl (C=O) groups is 2. The van der Waals surface area contributed by atoms with E-state index in [1.807, 2.05) is 9.80 Å². The molecule has 3 rings (SSSR count). The van der Waals surface area contributed by atoms with E-state index in [9.17, 15) is 9.59 Å². The van der Waals surface area contributed by atoms with Crippen LogP contribution in [0.2, 0.25) is 0 Å². The predicted octanol–water partition coefficient (Wildman–Crippen LogP) is 1.45. The van der Waals surface area contributed by atoms with Gasteiger partial charge in [-0.3, -0.25) is 9.59 Å². The molecule has 7 heteroatoms. The highest BCUT2D eigenvalue weighted by Crippen LogP contribution is 2.47. The normalized spacial score (nSPS) is 37.0. The van der Waals surface area contributed by atoms with E-state index in [2.05, 4.69) is 20.8 Å².